The van der Waals surface area contributed by atoms with Gasteiger partial charge in [-0.05, 0) is 32.2 Å². The van der Waals surface area contributed by atoms with Gasteiger partial charge in [0.15, 0.2) is 0 Å². The molecule has 1 aliphatic heterocycles. The van der Waals surface area contributed by atoms with E-state index < -0.39 is 5.97 Å². The van der Waals surface area contributed by atoms with Gasteiger partial charge in [-0.1, -0.05) is 6.42 Å². The number of piperidine rings is 1. The Morgan fingerprint density at radius 3 is 2.58 bits per heavy atom. The van der Waals surface area contributed by atoms with Crippen LogP contribution in [0.3, 0.4) is 0 Å². The second-order valence-electron chi connectivity index (χ2n) is 3.82. The highest BCUT2D eigenvalue weighted by Crippen LogP contribution is 2.32. The Hall–Kier alpha value is -0.570. The first-order chi connectivity index (χ1) is 5.79. The molecule has 1 saturated heterocycles. The van der Waals surface area contributed by atoms with Gasteiger partial charge in [-0.25, -0.2) is 0 Å². The van der Waals surface area contributed by atoms with Crippen molar-refractivity contribution in [2.75, 3.05) is 6.54 Å². The fourth-order valence-corrected chi connectivity index (χ4v) is 2.06. The van der Waals surface area contributed by atoms with Crippen LogP contribution in [-0.4, -0.2) is 34.6 Å². The quantitative estimate of drug-likeness (QED) is 0.672. The molecule has 1 N–H and O–H groups in total. The third-order valence-corrected chi connectivity index (χ3v) is 2.85. The predicted octanol–water partition coefficient (Wildman–Crippen LogP) is 1.09. The summed E-state index contributed by atoms with van der Waals surface area (Å²) >= 11 is 0. The number of likely N-dealkylation sites (tertiary alicyclic amines) is 1. The summed E-state index contributed by atoms with van der Waals surface area (Å²) in [4.78, 5) is 13.0. The fourth-order valence-electron chi connectivity index (χ4n) is 2.06. The summed E-state index contributed by atoms with van der Waals surface area (Å²) in [6.07, 6.45) is 5.54. The van der Waals surface area contributed by atoms with Gasteiger partial charge in [-0.3, -0.25) is 9.69 Å². The van der Waals surface area contributed by atoms with E-state index in [4.69, 9.17) is 5.11 Å². The zero-order chi connectivity index (χ0) is 8.55. The first-order valence-electron chi connectivity index (χ1n) is 4.77. The van der Waals surface area contributed by atoms with E-state index >= 15 is 0 Å². The van der Waals surface area contributed by atoms with E-state index in [2.05, 4.69) is 4.90 Å². The molecule has 0 aromatic rings. The van der Waals surface area contributed by atoms with E-state index in [0.29, 0.717) is 6.04 Å². The van der Waals surface area contributed by atoms with Gasteiger partial charge >= 0.3 is 5.97 Å². The molecular weight excluding hydrogens is 154 g/mol. The van der Waals surface area contributed by atoms with Crippen molar-refractivity contribution in [3.05, 3.63) is 0 Å². The van der Waals surface area contributed by atoms with E-state index in [1.165, 1.54) is 19.3 Å². The fraction of sp³-hybridized carbons (Fsp3) is 0.889. The van der Waals surface area contributed by atoms with Gasteiger partial charge in [0.2, 0.25) is 0 Å². The highest BCUT2D eigenvalue weighted by atomic mass is 16.4. The lowest BCUT2D eigenvalue weighted by atomic mass is 10.0. The Balaban J connectivity index is 2.00. The molecule has 12 heavy (non-hydrogen) atoms. The highest BCUT2D eigenvalue weighted by molar-refractivity contribution is 5.73. The van der Waals surface area contributed by atoms with Crippen LogP contribution in [0.1, 0.15) is 32.1 Å². The van der Waals surface area contributed by atoms with Crippen molar-refractivity contribution in [2.24, 2.45) is 0 Å². The molecular formula is C9H15NO2. The van der Waals surface area contributed by atoms with Crippen molar-refractivity contribution in [3.8, 4) is 0 Å². The first kappa shape index (κ1) is 8.05. The minimum absolute atomic E-state index is 0.175. The molecule has 2 aliphatic rings. The van der Waals surface area contributed by atoms with Crippen molar-refractivity contribution < 1.29 is 9.90 Å². The summed E-state index contributed by atoms with van der Waals surface area (Å²) in [7, 11) is 0. The predicted molar refractivity (Wildman–Crippen MR) is 45.0 cm³/mol. The molecule has 1 aliphatic carbocycles. The number of hydrogen-bond acceptors (Lipinski definition) is 2. The van der Waals surface area contributed by atoms with E-state index in [-0.39, 0.29) is 6.04 Å². The molecule has 0 aromatic heterocycles. The topological polar surface area (TPSA) is 40.5 Å². The van der Waals surface area contributed by atoms with E-state index in [1.807, 2.05) is 0 Å². The third kappa shape index (κ3) is 1.46. The Bertz CT molecular complexity index is 189. The molecule has 2 rings (SSSR count). The molecule has 2 fully saturated rings. The first-order valence-corrected chi connectivity index (χ1v) is 4.77. The van der Waals surface area contributed by atoms with Gasteiger partial charge in [-0.15, -0.1) is 0 Å². The van der Waals surface area contributed by atoms with Crippen molar-refractivity contribution in [1.82, 2.24) is 4.90 Å². The zero-order valence-electron chi connectivity index (χ0n) is 7.20. The highest BCUT2D eigenvalue weighted by Gasteiger charge is 2.38. The van der Waals surface area contributed by atoms with Gasteiger partial charge in [-0.2, -0.15) is 0 Å². The Labute approximate surface area is 72.4 Å². The maximum absolute atomic E-state index is 10.9. The SMILES string of the molecule is O=C(O)[C@@H]1CCCCN1C1CC1. The minimum Gasteiger partial charge on any atom is -0.480 e. The van der Waals surface area contributed by atoms with Crippen LogP contribution in [-0.2, 0) is 4.79 Å². The number of carboxylic acid groups (broad SMARTS) is 1. The lowest BCUT2D eigenvalue weighted by molar-refractivity contribution is -0.144. The van der Waals surface area contributed by atoms with Crippen LogP contribution >= 0.6 is 0 Å². The summed E-state index contributed by atoms with van der Waals surface area (Å²) in [5, 5.41) is 8.94. The lowest BCUT2D eigenvalue weighted by Gasteiger charge is -2.32. The molecule has 1 atom stereocenters. The molecule has 0 unspecified atom stereocenters. The zero-order valence-corrected chi connectivity index (χ0v) is 7.20. The second kappa shape index (κ2) is 3.05. The summed E-state index contributed by atoms with van der Waals surface area (Å²) in [6.45, 7) is 1.00. The minimum atomic E-state index is -0.624. The third-order valence-electron chi connectivity index (χ3n) is 2.85. The molecule has 68 valence electrons. The van der Waals surface area contributed by atoms with Gasteiger partial charge in [0, 0.05) is 6.04 Å². The number of carboxylic acids is 1. The summed E-state index contributed by atoms with van der Waals surface area (Å²) < 4.78 is 0. The lowest BCUT2D eigenvalue weighted by Crippen LogP contribution is -2.45. The monoisotopic (exact) mass is 169 g/mol. The van der Waals surface area contributed by atoms with Gasteiger partial charge in [0.05, 0.1) is 0 Å². The smallest absolute Gasteiger partial charge is 0.320 e. The largest absolute Gasteiger partial charge is 0.480 e. The molecule has 0 spiro atoms. The molecule has 1 saturated carbocycles. The van der Waals surface area contributed by atoms with Crippen molar-refractivity contribution in [2.45, 2.75) is 44.2 Å². The normalized spacial score (nSPS) is 31.8. The average Bonchev–Trinajstić information content (AvgIpc) is 2.87. The molecule has 0 aromatic carbocycles. The summed E-state index contributed by atoms with van der Waals surface area (Å²) in [6, 6.07) is 0.428. The molecule has 3 nitrogen and oxygen atoms in total. The van der Waals surface area contributed by atoms with Crippen molar-refractivity contribution in [3.63, 3.8) is 0 Å². The number of hydrogen-bond donors (Lipinski definition) is 1. The standard InChI is InChI=1S/C9H15NO2/c11-9(12)8-3-1-2-6-10(8)7-4-5-7/h7-8H,1-6H2,(H,11,12)/t8-/m0/s1. The molecule has 0 radical (unpaired) electrons. The Morgan fingerprint density at radius 1 is 1.25 bits per heavy atom. The van der Waals surface area contributed by atoms with Crippen LogP contribution in [0.2, 0.25) is 0 Å². The van der Waals surface area contributed by atoms with E-state index in [0.717, 1.165) is 19.4 Å². The summed E-state index contributed by atoms with van der Waals surface area (Å²) in [5.74, 6) is -0.624. The Morgan fingerprint density at radius 2 is 2.00 bits per heavy atom. The van der Waals surface area contributed by atoms with Crippen LogP contribution in [0, 0.1) is 0 Å². The van der Waals surface area contributed by atoms with Crippen molar-refractivity contribution >= 4 is 5.97 Å². The maximum Gasteiger partial charge on any atom is 0.320 e. The number of rotatable bonds is 2. The number of nitrogens with zero attached hydrogens (tertiary/aromatic N) is 1. The average molecular weight is 169 g/mol. The molecule has 1 heterocycles. The van der Waals surface area contributed by atoms with Crippen LogP contribution in [0.5, 0.6) is 0 Å². The molecule has 0 bridgehead atoms. The van der Waals surface area contributed by atoms with Crippen molar-refractivity contribution in [1.29, 1.82) is 0 Å². The van der Waals surface area contributed by atoms with E-state index in [9.17, 15) is 4.79 Å². The van der Waals surface area contributed by atoms with Crippen LogP contribution in [0.4, 0.5) is 0 Å². The van der Waals surface area contributed by atoms with Gasteiger partial charge in [0.1, 0.15) is 6.04 Å². The Kier molecular flexibility index (Phi) is 2.05. The van der Waals surface area contributed by atoms with E-state index in [1.54, 1.807) is 0 Å². The molecule has 3 heteroatoms. The number of carbonyl (C=O) groups is 1. The second-order valence-corrected chi connectivity index (χ2v) is 3.82. The van der Waals surface area contributed by atoms with Gasteiger partial charge in [0.25, 0.3) is 0 Å². The summed E-state index contributed by atoms with van der Waals surface area (Å²) in [5.41, 5.74) is 0. The van der Waals surface area contributed by atoms with Crippen LogP contribution < -0.4 is 0 Å². The van der Waals surface area contributed by atoms with Crippen LogP contribution in [0.25, 0.3) is 0 Å². The number of aliphatic carboxylic acids is 1. The van der Waals surface area contributed by atoms with Gasteiger partial charge < -0.3 is 5.11 Å². The maximum atomic E-state index is 10.9. The van der Waals surface area contributed by atoms with Crippen LogP contribution in [0.15, 0.2) is 0 Å². The molecule has 0 amide bonds.